The van der Waals surface area contributed by atoms with Crippen LogP contribution >= 0.6 is 0 Å². The van der Waals surface area contributed by atoms with Crippen LogP contribution in [0, 0.1) is 5.92 Å². The fourth-order valence-electron chi connectivity index (χ4n) is 0.842. The van der Waals surface area contributed by atoms with Crippen molar-refractivity contribution in [1.82, 2.24) is 16.1 Å². The third-order valence-electron chi connectivity index (χ3n) is 1.68. The lowest BCUT2D eigenvalue weighted by atomic mass is 10.2. The number of rotatable bonds is 5. The largest absolute Gasteiger partial charge is 0.356 e. The zero-order valence-corrected chi connectivity index (χ0v) is 9.50. The number of carbonyl (C=O) groups is 3. The Morgan fingerprint density at radius 3 is 2.25 bits per heavy atom. The summed E-state index contributed by atoms with van der Waals surface area (Å²) in [5, 5.41) is 4.94. The molecule has 0 saturated carbocycles. The Morgan fingerprint density at radius 1 is 1.12 bits per heavy atom. The van der Waals surface area contributed by atoms with Crippen LogP contribution in [0.5, 0.6) is 0 Å². The van der Waals surface area contributed by atoms with Crippen LogP contribution in [0.15, 0.2) is 0 Å². The minimum Gasteiger partial charge on any atom is -0.356 e. The summed E-state index contributed by atoms with van der Waals surface area (Å²) in [7, 11) is 0. The van der Waals surface area contributed by atoms with Crippen molar-refractivity contribution in [3.63, 3.8) is 0 Å². The number of hydrogen-bond acceptors (Lipinski definition) is 4. The zero-order chi connectivity index (χ0) is 12.6. The van der Waals surface area contributed by atoms with Gasteiger partial charge in [-0.3, -0.25) is 19.8 Å². The minimum absolute atomic E-state index is 0.107. The van der Waals surface area contributed by atoms with E-state index in [-0.39, 0.29) is 18.9 Å². The summed E-state index contributed by atoms with van der Waals surface area (Å²) in [5.74, 6) is 3.18. The molecule has 0 unspecified atom stereocenters. The minimum atomic E-state index is -0.928. The van der Waals surface area contributed by atoms with Gasteiger partial charge in [-0.25, -0.2) is 5.84 Å². The van der Waals surface area contributed by atoms with E-state index in [9.17, 15) is 14.4 Å². The summed E-state index contributed by atoms with van der Waals surface area (Å²) >= 11 is 0. The highest BCUT2D eigenvalue weighted by Crippen LogP contribution is 1.87. The van der Waals surface area contributed by atoms with Gasteiger partial charge in [-0.05, 0) is 5.92 Å². The standard InChI is InChI=1S/C9H18N4O3/c1-6(2)5-12-7(14)3-4-11-8(15)9(16)13-10/h6H,3-5,10H2,1-2H3,(H,11,15)(H,12,14)(H,13,16). The quantitative estimate of drug-likeness (QED) is 0.194. The normalized spacial score (nSPS) is 9.75. The molecule has 0 spiro atoms. The molecule has 0 atom stereocenters. The molecule has 0 aromatic rings. The molecule has 0 aromatic heterocycles. The summed E-state index contributed by atoms with van der Waals surface area (Å²) < 4.78 is 0. The van der Waals surface area contributed by atoms with Crippen molar-refractivity contribution < 1.29 is 14.4 Å². The second kappa shape index (κ2) is 7.63. The SMILES string of the molecule is CC(C)CNC(=O)CCNC(=O)C(=O)NN. The first-order valence-corrected chi connectivity index (χ1v) is 5.02. The van der Waals surface area contributed by atoms with Crippen molar-refractivity contribution in [3.8, 4) is 0 Å². The van der Waals surface area contributed by atoms with Gasteiger partial charge in [0.05, 0.1) is 0 Å². The average molecular weight is 230 g/mol. The van der Waals surface area contributed by atoms with E-state index < -0.39 is 11.8 Å². The van der Waals surface area contributed by atoms with Crippen LogP contribution in [0.25, 0.3) is 0 Å². The van der Waals surface area contributed by atoms with Crippen LogP contribution < -0.4 is 21.9 Å². The first kappa shape index (κ1) is 14.4. The van der Waals surface area contributed by atoms with Crippen LogP contribution in [-0.4, -0.2) is 30.8 Å². The fourth-order valence-corrected chi connectivity index (χ4v) is 0.842. The molecule has 0 saturated heterocycles. The highest BCUT2D eigenvalue weighted by Gasteiger charge is 2.11. The van der Waals surface area contributed by atoms with E-state index in [0.717, 1.165) is 0 Å². The van der Waals surface area contributed by atoms with Crippen molar-refractivity contribution in [1.29, 1.82) is 0 Å². The third kappa shape index (κ3) is 6.77. The molecular weight excluding hydrogens is 212 g/mol. The molecule has 0 aromatic carbocycles. The van der Waals surface area contributed by atoms with Gasteiger partial charge in [0, 0.05) is 19.5 Å². The van der Waals surface area contributed by atoms with Crippen LogP contribution in [0.3, 0.4) is 0 Å². The molecule has 0 rings (SSSR count). The van der Waals surface area contributed by atoms with Crippen LogP contribution in [0.1, 0.15) is 20.3 Å². The summed E-state index contributed by atoms with van der Waals surface area (Å²) in [6, 6.07) is 0. The molecule has 0 radical (unpaired) electrons. The van der Waals surface area contributed by atoms with Gasteiger partial charge in [0.1, 0.15) is 0 Å². The number of carbonyl (C=O) groups excluding carboxylic acids is 3. The second-order valence-corrected chi connectivity index (χ2v) is 3.68. The van der Waals surface area contributed by atoms with Crippen molar-refractivity contribution in [2.45, 2.75) is 20.3 Å². The molecule has 0 bridgehead atoms. The van der Waals surface area contributed by atoms with Gasteiger partial charge in [0.2, 0.25) is 5.91 Å². The Bertz CT molecular complexity index is 265. The summed E-state index contributed by atoms with van der Waals surface area (Å²) in [6.07, 6.45) is 0.135. The summed E-state index contributed by atoms with van der Waals surface area (Å²) in [6.45, 7) is 4.66. The van der Waals surface area contributed by atoms with Crippen LogP contribution in [0.4, 0.5) is 0 Å². The number of hydrazine groups is 1. The molecule has 92 valence electrons. The lowest BCUT2D eigenvalue weighted by Crippen LogP contribution is -2.44. The molecule has 0 aliphatic carbocycles. The number of hydrogen-bond donors (Lipinski definition) is 4. The first-order chi connectivity index (χ1) is 7.47. The van der Waals surface area contributed by atoms with Crippen molar-refractivity contribution in [2.75, 3.05) is 13.1 Å². The number of nitrogens with two attached hydrogens (primary N) is 1. The Kier molecular flexibility index (Phi) is 6.86. The molecule has 5 N–H and O–H groups in total. The van der Waals surface area contributed by atoms with E-state index in [2.05, 4.69) is 10.6 Å². The topological polar surface area (TPSA) is 113 Å². The monoisotopic (exact) mass is 230 g/mol. The van der Waals surface area contributed by atoms with Gasteiger partial charge in [-0.15, -0.1) is 0 Å². The van der Waals surface area contributed by atoms with E-state index in [1.165, 1.54) is 0 Å². The number of nitrogens with one attached hydrogen (secondary N) is 3. The molecule has 7 heteroatoms. The Balaban J connectivity index is 3.62. The number of amides is 3. The Hall–Kier alpha value is -1.63. The fraction of sp³-hybridized carbons (Fsp3) is 0.667. The van der Waals surface area contributed by atoms with Gasteiger partial charge < -0.3 is 10.6 Å². The lowest BCUT2D eigenvalue weighted by molar-refractivity contribution is -0.139. The zero-order valence-electron chi connectivity index (χ0n) is 9.50. The summed E-state index contributed by atoms with van der Waals surface area (Å²) in [5.41, 5.74) is 1.69. The smallest absolute Gasteiger partial charge is 0.323 e. The molecule has 0 heterocycles. The van der Waals surface area contributed by atoms with Gasteiger partial charge >= 0.3 is 11.8 Å². The third-order valence-corrected chi connectivity index (χ3v) is 1.68. The Labute approximate surface area is 94.1 Å². The van der Waals surface area contributed by atoms with E-state index in [1.54, 1.807) is 5.43 Å². The first-order valence-electron chi connectivity index (χ1n) is 5.02. The van der Waals surface area contributed by atoms with Gasteiger partial charge in [-0.2, -0.15) is 0 Å². The Morgan fingerprint density at radius 2 is 1.75 bits per heavy atom. The molecule has 0 aliphatic rings. The molecule has 0 fully saturated rings. The van der Waals surface area contributed by atoms with E-state index in [1.807, 2.05) is 13.8 Å². The molecule has 16 heavy (non-hydrogen) atoms. The predicted molar refractivity (Wildman–Crippen MR) is 57.8 cm³/mol. The molecule has 7 nitrogen and oxygen atoms in total. The van der Waals surface area contributed by atoms with Gasteiger partial charge in [0.25, 0.3) is 0 Å². The van der Waals surface area contributed by atoms with Crippen molar-refractivity contribution >= 4 is 17.7 Å². The van der Waals surface area contributed by atoms with E-state index in [0.29, 0.717) is 12.5 Å². The van der Waals surface area contributed by atoms with E-state index >= 15 is 0 Å². The summed E-state index contributed by atoms with van der Waals surface area (Å²) in [4.78, 5) is 32.7. The maximum absolute atomic E-state index is 11.2. The molecule has 0 aliphatic heterocycles. The van der Waals surface area contributed by atoms with E-state index in [4.69, 9.17) is 5.84 Å². The van der Waals surface area contributed by atoms with Gasteiger partial charge in [0.15, 0.2) is 0 Å². The van der Waals surface area contributed by atoms with Crippen LogP contribution in [0.2, 0.25) is 0 Å². The van der Waals surface area contributed by atoms with Gasteiger partial charge in [-0.1, -0.05) is 13.8 Å². The lowest BCUT2D eigenvalue weighted by Gasteiger charge is -2.07. The maximum Gasteiger partial charge on any atom is 0.323 e. The maximum atomic E-state index is 11.2. The highest BCUT2D eigenvalue weighted by molar-refractivity contribution is 6.34. The average Bonchev–Trinajstić information content (AvgIpc) is 2.24. The highest BCUT2D eigenvalue weighted by atomic mass is 16.2. The predicted octanol–water partition coefficient (Wildman–Crippen LogP) is -1.75. The van der Waals surface area contributed by atoms with Crippen molar-refractivity contribution in [2.24, 2.45) is 11.8 Å². The molecule has 3 amide bonds. The van der Waals surface area contributed by atoms with Crippen molar-refractivity contribution in [3.05, 3.63) is 0 Å². The second-order valence-electron chi connectivity index (χ2n) is 3.68. The van der Waals surface area contributed by atoms with Crippen LogP contribution in [-0.2, 0) is 14.4 Å². The molecular formula is C9H18N4O3.